The van der Waals surface area contributed by atoms with Crippen LogP contribution in [0.3, 0.4) is 0 Å². The van der Waals surface area contributed by atoms with E-state index >= 15 is 0 Å². The van der Waals surface area contributed by atoms with E-state index in [0.29, 0.717) is 12.0 Å². The molecule has 0 aromatic heterocycles. The van der Waals surface area contributed by atoms with E-state index in [1.54, 1.807) is 13.0 Å². The first-order valence-corrected chi connectivity index (χ1v) is 5.59. The highest BCUT2D eigenvalue weighted by Gasteiger charge is 2.12. The predicted octanol–water partition coefficient (Wildman–Crippen LogP) is 1.98. The number of carboxylic acid groups (broad SMARTS) is 1. The molecular weight excluding hydrogens is 218 g/mol. The van der Waals surface area contributed by atoms with Crippen LogP contribution in [0.15, 0.2) is 24.3 Å². The zero-order valence-corrected chi connectivity index (χ0v) is 10.1. The minimum Gasteiger partial charge on any atom is -0.481 e. The van der Waals surface area contributed by atoms with Gasteiger partial charge in [0.1, 0.15) is 0 Å². The van der Waals surface area contributed by atoms with Crippen molar-refractivity contribution in [2.75, 3.05) is 0 Å². The molecule has 0 aliphatic heterocycles. The van der Waals surface area contributed by atoms with Gasteiger partial charge < -0.3 is 10.4 Å². The van der Waals surface area contributed by atoms with Crippen LogP contribution >= 0.6 is 0 Å². The fourth-order valence-electron chi connectivity index (χ4n) is 1.54. The van der Waals surface area contributed by atoms with Gasteiger partial charge in [-0.3, -0.25) is 9.59 Å². The van der Waals surface area contributed by atoms with Crippen molar-refractivity contribution >= 4 is 11.9 Å². The van der Waals surface area contributed by atoms with Crippen LogP contribution in [0.1, 0.15) is 35.7 Å². The number of nitrogens with one attached hydrogen (secondary N) is 1. The SMILES string of the molecule is Cc1ccccc1C(=O)N[C@H](C)CCC(=O)O. The highest BCUT2D eigenvalue weighted by atomic mass is 16.4. The van der Waals surface area contributed by atoms with Crippen LogP contribution in [0.2, 0.25) is 0 Å². The van der Waals surface area contributed by atoms with E-state index < -0.39 is 5.97 Å². The van der Waals surface area contributed by atoms with Crippen LogP contribution < -0.4 is 5.32 Å². The summed E-state index contributed by atoms with van der Waals surface area (Å²) in [6.45, 7) is 3.68. The fraction of sp³-hybridized carbons (Fsp3) is 0.385. The molecule has 0 unspecified atom stereocenters. The first-order chi connectivity index (χ1) is 8.00. The van der Waals surface area contributed by atoms with Gasteiger partial charge in [-0.2, -0.15) is 0 Å². The van der Waals surface area contributed by atoms with Gasteiger partial charge in [0, 0.05) is 18.0 Å². The van der Waals surface area contributed by atoms with E-state index in [1.807, 2.05) is 25.1 Å². The minimum atomic E-state index is -0.845. The molecule has 0 saturated heterocycles. The van der Waals surface area contributed by atoms with Crippen molar-refractivity contribution in [3.63, 3.8) is 0 Å². The van der Waals surface area contributed by atoms with Crippen molar-refractivity contribution in [3.8, 4) is 0 Å². The van der Waals surface area contributed by atoms with E-state index in [2.05, 4.69) is 5.32 Å². The summed E-state index contributed by atoms with van der Waals surface area (Å²) in [6.07, 6.45) is 0.502. The van der Waals surface area contributed by atoms with E-state index in [0.717, 1.165) is 5.56 Å². The largest absolute Gasteiger partial charge is 0.481 e. The van der Waals surface area contributed by atoms with Crippen LogP contribution in [0.25, 0.3) is 0 Å². The third-order valence-corrected chi connectivity index (χ3v) is 2.56. The Hall–Kier alpha value is -1.84. The fourth-order valence-corrected chi connectivity index (χ4v) is 1.54. The lowest BCUT2D eigenvalue weighted by Gasteiger charge is -2.13. The summed E-state index contributed by atoms with van der Waals surface area (Å²) in [5, 5.41) is 11.3. The second-order valence-electron chi connectivity index (χ2n) is 4.12. The zero-order valence-electron chi connectivity index (χ0n) is 10.1. The smallest absolute Gasteiger partial charge is 0.303 e. The molecule has 1 rings (SSSR count). The highest BCUT2D eigenvalue weighted by molar-refractivity contribution is 5.95. The van der Waals surface area contributed by atoms with Gasteiger partial charge in [0.15, 0.2) is 0 Å². The molecule has 0 fully saturated rings. The summed E-state index contributed by atoms with van der Waals surface area (Å²) in [4.78, 5) is 22.3. The number of carboxylic acids is 1. The lowest BCUT2D eigenvalue weighted by Crippen LogP contribution is -2.33. The predicted molar refractivity (Wildman–Crippen MR) is 65.0 cm³/mol. The molecule has 1 aromatic carbocycles. The number of rotatable bonds is 5. The second-order valence-corrected chi connectivity index (χ2v) is 4.12. The van der Waals surface area contributed by atoms with Gasteiger partial charge >= 0.3 is 5.97 Å². The second kappa shape index (κ2) is 6.03. The van der Waals surface area contributed by atoms with E-state index in [-0.39, 0.29) is 18.4 Å². The number of carbonyl (C=O) groups excluding carboxylic acids is 1. The number of aliphatic carboxylic acids is 1. The van der Waals surface area contributed by atoms with E-state index in [1.165, 1.54) is 0 Å². The van der Waals surface area contributed by atoms with Gasteiger partial charge in [-0.05, 0) is 31.9 Å². The Bertz CT molecular complexity index is 415. The number of hydrogen-bond acceptors (Lipinski definition) is 2. The van der Waals surface area contributed by atoms with Gasteiger partial charge in [0.2, 0.25) is 0 Å². The first-order valence-electron chi connectivity index (χ1n) is 5.59. The van der Waals surface area contributed by atoms with Crippen molar-refractivity contribution in [2.24, 2.45) is 0 Å². The Balaban J connectivity index is 2.55. The van der Waals surface area contributed by atoms with Gasteiger partial charge in [-0.1, -0.05) is 18.2 Å². The quantitative estimate of drug-likeness (QED) is 0.820. The lowest BCUT2D eigenvalue weighted by molar-refractivity contribution is -0.137. The molecule has 4 heteroatoms. The average molecular weight is 235 g/mol. The monoisotopic (exact) mass is 235 g/mol. The molecule has 0 bridgehead atoms. The Morgan fingerprint density at radius 3 is 2.59 bits per heavy atom. The molecule has 2 N–H and O–H groups in total. The molecule has 0 heterocycles. The van der Waals surface area contributed by atoms with Gasteiger partial charge in [-0.25, -0.2) is 0 Å². The summed E-state index contributed by atoms with van der Waals surface area (Å²) in [6, 6.07) is 7.17. The number of amides is 1. The van der Waals surface area contributed by atoms with Crippen LogP contribution in [-0.2, 0) is 4.79 Å². The maximum atomic E-state index is 11.9. The van der Waals surface area contributed by atoms with Crippen molar-refractivity contribution in [2.45, 2.75) is 32.7 Å². The molecule has 92 valence electrons. The summed E-state index contributed by atoms with van der Waals surface area (Å²) >= 11 is 0. The summed E-state index contributed by atoms with van der Waals surface area (Å²) < 4.78 is 0. The van der Waals surface area contributed by atoms with Crippen LogP contribution in [0.4, 0.5) is 0 Å². The highest BCUT2D eigenvalue weighted by Crippen LogP contribution is 2.07. The Morgan fingerprint density at radius 2 is 2.00 bits per heavy atom. The zero-order chi connectivity index (χ0) is 12.8. The number of benzene rings is 1. The average Bonchev–Trinajstić information content (AvgIpc) is 2.26. The Morgan fingerprint density at radius 1 is 1.35 bits per heavy atom. The Labute approximate surface area is 101 Å². The topological polar surface area (TPSA) is 66.4 Å². The molecule has 1 amide bonds. The maximum Gasteiger partial charge on any atom is 0.303 e. The van der Waals surface area contributed by atoms with E-state index in [4.69, 9.17) is 5.11 Å². The van der Waals surface area contributed by atoms with Crippen LogP contribution in [0.5, 0.6) is 0 Å². The molecular formula is C13H17NO3. The standard InChI is InChI=1S/C13H17NO3/c1-9-5-3-4-6-11(9)13(17)14-10(2)7-8-12(15)16/h3-6,10H,7-8H2,1-2H3,(H,14,17)(H,15,16)/t10-/m1/s1. The van der Waals surface area contributed by atoms with Crippen LogP contribution in [0, 0.1) is 6.92 Å². The van der Waals surface area contributed by atoms with Gasteiger partial charge in [-0.15, -0.1) is 0 Å². The lowest BCUT2D eigenvalue weighted by atomic mass is 10.1. The molecule has 0 aliphatic rings. The first kappa shape index (κ1) is 13.2. The van der Waals surface area contributed by atoms with Gasteiger partial charge in [0.25, 0.3) is 5.91 Å². The molecule has 1 aromatic rings. The molecule has 0 saturated carbocycles. The van der Waals surface area contributed by atoms with Crippen molar-refractivity contribution in [1.82, 2.24) is 5.32 Å². The van der Waals surface area contributed by atoms with E-state index in [9.17, 15) is 9.59 Å². The summed E-state index contributed by atoms with van der Waals surface area (Å²) in [5.74, 6) is -0.997. The van der Waals surface area contributed by atoms with Crippen molar-refractivity contribution in [1.29, 1.82) is 0 Å². The van der Waals surface area contributed by atoms with Crippen LogP contribution in [-0.4, -0.2) is 23.0 Å². The van der Waals surface area contributed by atoms with Crippen molar-refractivity contribution < 1.29 is 14.7 Å². The molecule has 0 aliphatic carbocycles. The molecule has 4 nitrogen and oxygen atoms in total. The molecule has 17 heavy (non-hydrogen) atoms. The number of aryl methyl sites for hydroxylation is 1. The summed E-state index contributed by atoms with van der Waals surface area (Å²) in [7, 11) is 0. The minimum absolute atomic E-state index is 0.0647. The number of hydrogen-bond donors (Lipinski definition) is 2. The maximum absolute atomic E-state index is 11.9. The normalized spacial score (nSPS) is 11.9. The Kier molecular flexibility index (Phi) is 4.69. The molecule has 0 radical (unpaired) electrons. The van der Waals surface area contributed by atoms with Crippen molar-refractivity contribution in [3.05, 3.63) is 35.4 Å². The third-order valence-electron chi connectivity index (χ3n) is 2.56. The third kappa shape index (κ3) is 4.26. The summed E-state index contributed by atoms with van der Waals surface area (Å²) in [5.41, 5.74) is 1.55. The number of carbonyl (C=O) groups is 2. The molecule has 1 atom stereocenters. The molecule has 0 spiro atoms. The van der Waals surface area contributed by atoms with Gasteiger partial charge in [0.05, 0.1) is 0 Å².